The molecule has 11 nitrogen and oxygen atoms in total. The molecule has 2 aliphatic heterocycles. The largest absolute Gasteiger partial charge is 0.444 e. The van der Waals surface area contributed by atoms with E-state index in [1.54, 1.807) is 25.7 Å². The number of fused-ring (bicyclic) bond motifs is 3. The fourth-order valence-electron chi connectivity index (χ4n) is 5.86. The molecule has 2 bridgehead atoms. The third-order valence-corrected chi connectivity index (χ3v) is 8.01. The Bertz CT molecular complexity index is 1090. The third kappa shape index (κ3) is 5.57. The second-order valence-corrected chi connectivity index (χ2v) is 11.9. The number of hydrogen-bond acceptors (Lipinski definition) is 6. The highest BCUT2D eigenvalue weighted by molar-refractivity contribution is 5.90. The molecule has 4 atom stereocenters. The average molecular weight is 528 g/mol. The highest BCUT2D eigenvalue weighted by Crippen LogP contribution is 2.59. The van der Waals surface area contributed by atoms with Gasteiger partial charge in [0.1, 0.15) is 18.2 Å². The molecule has 0 radical (unpaired) electrons. The summed E-state index contributed by atoms with van der Waals surface area (Å²) in [6.45, 7) is 6.10. The van der Waals surface area contributed by atoms with E-state index in [1.165, 1.54) is 5.06 Å². The molecule has 1 aromatic rings. The highest BCUT2D eigenvalue weighted by atomic mass is 16.7. The molecule has 0 aromatic heterocycles. The molecule has 4 aliphatic rings. The van der Waals surface area contributed by atoms with E-state index in [1.807, 2.05) is 30.3 Å². The van der Waals surface area contributed by atoms with Crippen molar-refractivity contribution in [1.82, 2.24) is 26.1 Å². The molecule has 206 valence electrons. The monoisotopic (exact) mass is 527 g/mol. The Kier molecular flexibility index (Phi) is 6.97. The lowest BCUT2D eigenvalue weighted by Gasteiger charge is -2.35. The first-order valence-electron chi connectivity index (χ1n) is 13.4. The Labute approximate surface area is 222 Å². The molecule has 2 saturated heterocycles. The number of rotatable bonds is 6. The topological polar surface area (TPSA) is 129 Å². The van der Waals surface area contributed by atoms with Crippen molar-refractivity contribution in [2.24, 2.45) is 11.3 Å². The number of ether oxygens (including phenoxy) is 1. The Morgan fingerprint density at radius 1 is 1.05 bits per heavy atom. The van der Waals surface area contributed by atoms with Crippen LogP contribution in [0.1, 0.15) is 64.9 Å². The first-order chi connectivity index (χ1) is 18.0. The summed E-state index contributed by atoms with van der Waals surface area (Å²) in [6.07, 6.45) is 3.63. The zero-order valence-corrected chi connectivity index (χ0v) is 22.2. The van der Waals surface area contributed by atoms with E-state index >= 15 is 0 Å². The first-order valence-corrected chi connectivity index (χ1v) is 13.4. The average Bonchev–Trinajstić information content (AvgIpc) is 3.36. The van der Waals surface area contributed by atoms with Crippen LogP contribution in [-0.2, 0) is 25.8 Å². The summed E-state index contributed by atoms with van der Waals surface area (Å²) in [5.74, 6) is -1.04. The minimum atomic E-state index is -0.669. The number of carbonyl (C=O) groups is 4. The number of nitrogens with one attached hydrogen (secondary N) is 3. The molecule has 2 heterocycles. The summed E-state index contributed by atoms with van der Waals surface area (Å²) in [4.78, 5) is 58.6. The number of benzene rings is 1. The molecule has 2 aliphatic carbocycles. The van der Waals surface area contributed by atoms with E-state index in [2.05, 4.69) is 16.2 Å². The number of hydrazine groups is 1. The number of carbonyl (C=O) groups excluding carboxylic acids is 4. The molecule has 2 unspecified atom stereocenters. The van der Waals surface area contributed by atoms with Crippen molar-refractivity contribution in [1.29, 1.82) is 0 Å². The first kappa shape index (κ1) is 26.3. The van der Waals surface area contributed by atoms with Crippen LogP contribution in [0.3, 0.4) is 0 Å². The predicted octanol–water partition coefficient (Wildman–Crippen LogP) is 2.62. The van der Waals surface area contributed by atoms with Crippen LogP contribution in [0, 0.1) is 11.3 Å². The van der Waals surface area contributed by atoms with Crippen LogP contribution < -0.4 is 16.2 Å². The molecule has 5 rings (SSSR count). The third-order valence-electron chi connectivity index (χ3n) is 8.01. The molecule has 2 saturated carbocycles. The Morgan fingerprint density at radius 2 is 1.76 bits per heavy atom. The van der Waals surface area contributed by atoms with Gasteiger partial charge in [-0.25, -0.2) is 9.59 Å². The lowest BCUT2D eigenvalue weighted by Crippen LogP contribution is -2.56. The Balaban J connectivity index is 1.12. The van der Waals surface area contributed by atoms with Gasteiger partial charge in [-0.05, 0) is 70.3 Å². The summed E-state index contributed by atoms with van der Waals surface area (Å²) < 4.78 is 5.29. The molecule has 1 spiro atoms. The second kappa shape index (κ2) is 10.1. The standard InChI is InChI=1S/C27H37N5O6/c1-26(2,3)38-24(35)28-19-10-9-18(13-19)22(33)29-30-23(34)20-14-27(11-12-27)21-15-31(20)25(36)32(21)37-16-17-7-5-4-6-8-17/h4-8,18-21H,9-16H2,1-3H3,(H,28,35)(H,29,33)(H,30,34)/t18?,19-,20?,21-/m0/s1. The number of hydroxylamine groups is 2. The summed E-state index contributed by atoms with van der Waals surface area (Å²) in [7, 11) is 0. The van der Waals surface area contributed by atoms with Crippen molar-refractivity contribution < 1.29 is 28.8 Å². The molecular weight excluding hydrogens is 490 g/mol. The van der Waals surface area contributed by atoms with Gasteiger partial charge in [0, 0.05) is 18.5 Å². The lowest BCUT2D eigenvalue weighted by molar-refractivity contribution is -0.153. The lowest BCUT2D eigenvalue weighted by atomic mass is 9.85. The smallest absolute Gasteiger partial charge is 0.407 e. The van der Waals surface area contributed by atoms with Crippen LogP contribution in [0.5, 0.6) is 0 Å². The van der Waals surface area contributed by atoms with Gasteiger partial charge in [-0.15, -0.1) is 0 Å². The van der Waals surface area contributed by atoms with Crippen LogP contribution in [0.15, 0.2) is 30.3 Å². The van der Waals surface area contributed by atoms with E-state index < -0.39 is 23.6 Å². The number of piperidine rings is 1. The molecule has 4 fully saturated rings. The number of amides is 5. The van der Waals surface area contributed by atoms with Gasteiger partial charge >= 0.3 is 12.1 Å². The van der Waals surface area contributed by atoms with E-state index in [0.29, 0.717) is 32.2 Å². The van der Waals surface area contributed by atoms with Crippen molar-refractivity contribution in [3.8, 4) is 0 Å². The van der Waals surface area contributed by atoms with Gasteiger partial charge < -0.3 is 15.0 Å². The van der Waals surface area contributed by atoms with Crippen LogP contribution >= 0.6 is 0 Å². The highest BCUT2D eigenvalue weighted by Gasteiger charge is 2.64. The molecule has 3 N–H and O–H groups in total. The fourth-order valence-corrected chi connectivity index (χ4v) is 5.86. The summed E-state index contributed by atoms with van der Waals surface area (Å²) in [5, 5.41) is 4.27. The molecule has 1 aromatic carbocycles. The van der Waals surface area contributed by atoms with Crippen molar-refractivity contribution in [2.75, 3.05) is 6.54 Å². The molecule has 38 heavy (non-hydrogen) atoms. The molecule has 11 heteroatoms. The quantitative estimate of drug-likeness (QED) is 0.488. The Hall–Kier alpha value is -3.34. The SMILES string of the molecule is CC(C)(C)OC(=O)N[C@H]1CCC(C(=O)NNC(=O)C2CC3(CC3)[C@@H]3CN2C(=O)N3OCc2ccccc2)C1. The number of hydrogen-bond donors (Lipinski definition) is 3. The van der Waals surface area contributed by atoms with Crippen LogP contribution in [0.2, 0.25) is 0 Å². The fraction of sp³-hybridized carbons (Fsp3) is 0.630. The van der Waals surface area contributed by atoms with Crippen molar-refractivity contribution in [3.05, 3.63) is 35.9 Å². The second-order valence-electron chi connectivity index (χ2n) is 11.9. The number of nitrogens with zero attached hydrogens (tertiary/aromatic N) is 2. The minimum absolute atomic E-state index is 0.0785. The van der Waals surface area contributed by atoms with E-state index in [0.717, 1.165) is 18.4 Å². The molecule has 5 amide bonds. The normalized spacial score (nSPS) is 27.3. The predicted molar refractivity (Wildman–Crippen MR) is 136 cm³/mol. The van der Waals surface area contributed by atoms with E-state index in [9.17, 15) is 19.2 Å². The van der Waals surface area contributed by atoms with Crippen molar-refractivity contribution in [2.45, 2.75) is 89.6 Å². The summed E-state index contributed by atoms with van der Waals surface area (Å²) in [5.41, 5.74) is 5.35. The zero-order valence-electron chi connectivity index (χ0n) is 22.2. The minimum Gasteiger partial charge on any atom is -0.444 e. The maximum Gasteiger partial charge on any atom is 0.407 e. The van der Waals surface area contributed by atoms with Gasteiger partial charge in [0.25, 0.3) is 5.91 Å². The summed E-state index contributed by atoms with van der Waals surface area (Å²) in [6, 6.07) is 8.44. The number of alkyl carbamates (subject to hydrolysis) is 1. The van der Waals surface area contributed by atoms with Crippen molar-refractivity contribution >= 4 is 23.9 Å². The van der Waals surface area contributed by atoms with E-state index in [-0.39, 0.29) is 42.0 Å². The Morgan fingerprint density at radius 3 is 2.45 bits per heavy atom. The number of urea groups is 1. The van der Waals surface area contributed by atoms with Gasteiger partial charge in [-0.2, -0.15) is 5.06 Å². The van der Waals surface area contributed by atoms with Gasteiger partial charge in [-0.1, -0.05) is 30.3 Å². The maximum absolute atomic E-state index is 13.2. The van der Waals surface area contributed by atoms with Gasteiger partial charge in [-0.3, -0.25) is 25.3 Å². The van der Waals surface area contributed by atoms with Crippen LogP contribution in [-0.4, -0.2) is 64.2 Å². The zero-order chi connectivity index (χ0) is 27.1. The van der Waals surface area contributed by atoms with E-state index in [4.69, 9.17) is 9.57 Å². The van der Waals surface area contributed by atoms with Crippen LogP contribution in [0.25, 0.3) is 0 Å². The van der Waals surface area contributed by atoms with Crippen LogP contribution in [0.4, 0.5) is 9.59 Å². The van der Waals surface area contributed by atoms with Gasteiger partial charge in [0.15, 0.2) is 0 Å². The van der Waals surface area contributed by atoms with Gasteiger partial charge in [0.2, 0.25) is 5.91 Å². The maximum atomic E-state index is 13.2. The molecular formula is C27H37N5O6. The summed E-state index contributed by atoms with van der Waals surface area (Å²) >= 11 is 0. The van der Waals surface area contributed by atoms with Gasteiger partial charge in [0.05, 0.1) is 6.04 Å². The van der Waals surface area contributed by atoms with Crippen molar-refractivity contribution in [3.63, 3.8) is 0 Å².